The number of rotatable bonds is 5. The van der Waals surface area contributed by atoms with E-state index in [4.69, 9.17) is 4.98 Å². The molecule has 0 bridgehead atoms. The van der Waals surface area contributed by atoms with Gasteiger partial charge in [-0.1, -0.05) is 0 Å². The fraction of sp³-hybridized carbons (Fsp3) is 0.800. The predicted octanol–water partition coefficient (Wildman–Crippen LogP) is 0.866. The number of aromatic nitrogens is 2. The molecule has 1 aliphatic carbocycles. The first-order valence-corrected chi connectivity index (χ1v) is 10.1. The maximum Gasteiger partial charge on any atom is 0.208 e. The zero-order valence-electron chi connectivity index (χ0n) is 13.5. The fourth-order valence-corrected chi connectivity index (χ4v) is 4.26. The summed E-state index contributed by atoms with van der Waals surface area (Å²) in [6, 6.07) is 0.493. The second-order valence-corrected chi connectivity index (χ2v) is 8.37. The summed E-state index contributed by atoms with van der Waals surface area (Å²) in [6.07, 6.45) is 7.15. The molecular weight excluding hydrogens is 300 g/mol. The van der Waals surface area contributed by atoms with Gasteiger partial charge in [-0.15, -0.1) is 0 Å². The molecule has 0 saturated carbocycles. The van der Waals surface area contributed by atoms with Gasteiger partial charge in [-0.05, 0) is 39.0 Å². The molecule has 1 atom stereocenters. The van der Waals surface area contributed by atoms with Crippen LogP contribution in [0.2, 0.25) is 0 Å². The minimum atomic E-state index is -3.08. The molecule has 1 fully saturated rings. The lowest BCUT2D eigenvalue weighted by molar-refractivity contribution is 0.326. The molecule has 0 aromatic carbocycles. The Balaban J connectivity index is 1.62. The van der Waals surface area contributed by atoms with Crippen molar-refractivity contribution in [1.29, 1.82) is 0 Å². The summed E-state index contributed by atoms with van der Waals surface area (Å²) < 4.78 is 27.3. The van der Waals surface area contributed by atoms with Gasteiger partial charge in [0.1, 0.15) is 5.82 Å². The number of imidazole rings is 1. The first-order valence-electron chi connectivity index (χ1n) is 8.17. The van der Waals surface area contributed by atoms with Crippen molar-refractivity contribution in [3.05, 3.63) is 17.2 Å². The Morgan fingerprint density at radius 3 is 2.86 bits per heavy atom. The molecular formula is C15H26N4O2S. The van der Waals surface area contributed by atoms with Crippen LogP contribution in [0.3, 0.4) is 0 Å². The van der Waals surface area contributed by atoms with Gasteiger partial charge >= 0.3 is 0 Å². The fourth-order valence-electron chi connectivity index (χ4n) is 3.80. The minimum absolute atomic E-state index is 0.493. The van der Waals surface area contributed by atoms with Crippen LogP contribution in [-0.4, -0.2) is 55.3 Å². The standard InChI is InChI=1S/C15H26N4O2S/c1-12-17-14-5-3-4-6-15(14)19(12)13-7-9-18(11-13)10-8-16-22(2,20)21/h13,16H,3-11H2,1-2H3/t13-/m1/s1. The summed E-state index contributed by atoms with van der Waals surface area (Å²) in [7, 11) is -3.08. The Kier molecular flexibility index (Phi) is 4.56. The molecule has 0 unspecified atom stereocenters. The highest BCUT2D eigenvalue weighted by Gasteiger charge is 2.28. The maximum absolute atomic E-state index is 11.1. The molecule has 1 aromatic heterocycles. The zero-order valence-corrected chi connectivity index (χ0v) is 14.3. The third-order valence-electron chi connectivity index (χ3n) is 4.75. The van der Waals surface area contributed by atoms with E-state index >= 15 is 0 Å². The van der Waals surface area contributed by atoms with Crippen LogP contribution in [0.1, 0.15) is 42.5 Å². The van der Waals surface area contributed by atoms with Crippen molar-refractivity contribution in [3.8, 4) is 0 Å². The van der Waals surface area contributed by atoms with Crippen molar-refractivity contribution in [3.63, 3.8) is 0 Å². The van der Waals surface area contributed by atoms with Gasteiger partial charge in [0.25, 0.3) is 0 Å². The van der Waals surface area contributed by atoms with Crippen LogP contribution < -0.4 is 4.72 Å². The van der Waals surface area contributed by atoms with E-state index in [1.807, 2.05) is 0 Å². The summed E-state index contributed by atoms with van der Waals surface area (Å²) in [4.78, 5) is 7.11. The molecule has 0 radical (unpaired) electrons. The number of hydrogen-bond donors (Lipinski definition) is 1. The van der Waals surface area contributed by atoms with Crippen LogP contribution in [0.5, 0.6) is 0 Å². The lowest BCUT2D eigenvalue weighted by Gasteiger charge is -2.21. The van der Waals surface area contributed by atoms with Crippen molar-refractivity contribution >= 4 is 10.0 Å². The highest BCUT2D eigenvalue weighted by molar-refractivity contribution is 7.88. The topological polar surface area (TPSA) is 67.2 Å². The van der Waals surface area contributed by atoms with Crippen molar-refractivity contribution < 1.29 is 8.42 Å². The molecule has 1 saturated heterocycles. The molecule has 124 valence electrons. The number of nitrogens with one attached hydrogen (secondary N) is 1. The van der Waals surface area contributed by atoms with Crippen LogP contribution in [0.4, 0.5) is 0 Å². The Morgan fingerprint density at radius 1 is 1.32 bits per heavy atom. The van der Waals surface area contributed by atoms with E-state index in [9.17, 15) is 8.42 Å². The molecule has 2 aliphatic rings. The number of likely N-dealkylation sites (tertiary alicyclic amines) is 1. The minimum Gasteiger partial charge on any atom is -0.328 e. The van der Waals surface area contributed by atoms with Gasteiger partial charge < -0.3 is 4.57 Å². The van der Waals surface area contributed by atoms with Crippen LogP contribution in [0, 0.1) is 6.92 Å². The molecule has 1 aliphatic heterocycles. The largest absolute Gasteiger partial charge is 0.328 e. The van der Waals surface area contributed by atoms with Gasteiger partial charge in [-0.2, -0.15) is 0 Å². The molecule has 0 spiro atoms. The highest BCUT2D eigenvalue weighted by Crippen LogP contribution is 2.29. The molecule has 3 rings (SSSR count). The maximum atomic E-state index is 11.1. The predicted molar refractivity (Wildman–Crippen MR) is 86.5 cm³/mol. The Bertz CT molecular complexity index is 638. The molecule has 1 aromatic rings. The third-order valence-corrected chi connectivity index (χ3v) is 5.48. The molecule has 22 heavy (non-hydrogen) atoms. The Morgan fingerprint density at radius 2 is 2.09 bits per heavy atom. The van der Waals surface area contributed by atoms with Gasteiger partial charge in [0.05, 0.1) is 11.9 Å². The van der Waals surface area contributed by atoms with E-state index in [0.717, 1.165) is 44.7 Å². The van der Waals surface area contributed by atoms with E-state index in [1.54, 1.807) is 0 Å². The van der Waals surface area contributed by atoms with E-state index in [2.05, 4.69) is 21.1 Å². The summed E-state index contributed by atoms with van der Waals surface area (Å²) in [5.41, 5.74) is 2.76. The van der Waals surface area contributed by atoms with E-state index in [1.165, 1.54) is 30.5 Å². The average molecular weight is 326 g/mol. The smallest absolute Gasteiger partial charge is 0.208 e. The Labute approximate surface area is 133 Å². The van der Waals surface area contributed by atoms with Crippen molar-refractivity contribution in [2.75, 3.05) is 32.4 Å². The molecule has 0 amide bonds. The van der Waals surface area contributed by atoms with Gasteiger partial charge in [0, 0.05) is 37.9 Å². The normalized spacial score (nSPS) is 22.9. The number of hydrogen-bond acceptors (Lipinski definition) is 4. The van der Waals surface area contributed by atoms with Gasteiger partial charge in [0.15, 0.2) is 0 Å². The molecule has 1 N–H and O–H groups in total. The number of aryl methyl sites for hydroxylation is 2. The number of nitrogens with zero attached hydrogens (tertiary/aromatic N) is 3. The zero-order chi connectivity index (χ0) is 15.7. The lowest BCUT2D eigenvalue weighted by atomic mass is 10.0. The first kappa shape index (κ1) is 16.0. The van der Waals surface area contributed by atoms with Crippen molar-refractivity contribution in [2.45, 2.75) is 45.1 Å². The monoisotopic (exact) mass is 326 g/mol. The van der Waals surface area contributed by atoms with E-state index < -0.39 is 10.0 Å². The average Bonchev–Trinajstić information content (AvgIpc) is 3.00. The first-order chi connectivity index (χ1) is 10.4. The quantitative estimate of drug-likeness (QED) is 0.872. The summed E-state index contributed by atoms with van der Waals surface area (Å²) in [5, 5.41) is 0. The summed E-state index contributed by atoms with van der Waals surface area (Å²) in [6.45, 7) is 5.41. The molecule has 6 nitrogen and oxygen atoms in total. The molecule has 7 heteroatoms. The van der Waals surface area contributed by atoms with Crippen LogP contribution in [-0.2, 0) is 22.9 Å². The highest BCUT2D eigenvalue weighted by atomic mass is 32.2. The Hall–Kier alpha value is -0.920. The SMILES string of the molecule is Cc1nc2c(n1[C@@H]1CCN(CCNS(C)(=O)=O)C1)CCCC2. The van der Waals surface area contributed by atoms with Gasteiger partial charge in [-0.25, -0.2) is 18.1 Å². The summed E-state index contributed by atoms with van der Waals surface area (Å²) in [5.74, 6) is 1.15. The van der Waals surface area contributed by atoms with Crippen molar-refractivity contribution in [2.24, 2.45) is 0 Å². The van der Waals surface area contributed by atoms with Crippen molar-refractivity contribution in [1.82, 2.24) is 19.2 Å². The van der Waals surface area contributed by atoms with E-state index in [0.29, 0.717) is 12.6 Å². The van der Waals surface area contributed by atoms with Crippen LogP contribution >= 0.6 is 0 Å². The number of fused-ring (bicyclic) bond motifs is 1. The van der Waals surface area contributed by atoms with Gasteiger partial charge in [-0.3, -0.25) is 4.90 Å². The second kappa shape index (κ2) is 6.29. The second-order valence-electron chi connectivity index (χ2n) is 6.54. The van der Waals surface area contributed by atoms with Crippen LogP contribution in [0.25, 0.3) is 0 Å². The lowest BCUT2D eigenvalue weighted by Crippen LogP contribution is -2.33. The summed E-state index contributed by atoms with van der Waals surface area (Å²) >= 11 is 0. The molecule has 2 heterocycles. The number of sulfonamides is 1. The van der Waals surface area contributed by atoms with Gasteiger partial charge in [0.2, 0.25) is 10.0 Å². The van der Waals surface area contributed by atoms with E-state index in [-0.39, 0.29) is 0 Å². The third kappa shape index (κ3) is 3.52. The van der Waals surface area contributed by atoms with Crippen LogP contribution in [0.15, 0.2) is 0 Å².